The van der Waals surface area contributed by atoms with Crippen LogP contribution >= 0.6 is 23.7 Å². The molecule has 0 atom stereocenters. The van der Waals surface area contributed by atoms with Gasteiger partial charge in [-0.2, -0.15) is 0 Å². The molecule has 0 aromatic carbocycles. The van der Waals surface area contributed by atoms with E-state index in [0.29, 0.717) is 5.41 Å². The van der Waals surface area contributed by atoms with Crippen molar-refractivity contribution < 1.29 is 0 Å². The average molecular weight is 261 g/mol. The molecule has 1 aromatic heterocycles. The number of aryl methyl sites for hydroxylation is 2. The zero-order valence-electron chi connectivity index (χ0n) is 10.3. The van der Waals surface area contributed by atoms with Gasteiger partial charge in [-0.05, 0) is 38.5 Å². The van der Waals surface area contributed by atoms with Crippen molar-refractivity contribution >= 4 is 23.7 Å². The Bertz CT molecular complexity index is 345. The summed E-state index contributed by atoms with van der Waals surface area (Å²) in [5, 5.41) is 4.76. The van der Waals surface area contributed by atoms with Crippen molar-refractivity contribution in [2.45, 2.75) is 46.6 Å². The molecule has 1 saturated carbocycles. The summed E-state index contributed by atoms with van der Waals surface area (Å²) in [5.74, 6) is 0. The first-order valence-electron chi connectivity index (χ1n) is 5.79. The highest BCUT2D eigenvalue weighted by Gasteiger charge is 2.39. The number of hydrogen-bond acceptors (Lipinski definition) is 3. The van der Waals surface area contributed by atoms with E-state index in [4.69, 9.17) is 0 Å². The predicted octanol–water partition coefficient (Wildman–Crippen LogP) is 3.46. The first-order valence-corrected chi connectivity index (χ1v) is 6.60. The van der Waals surface area contributed by atoms with Gasteiger partial charge in [0.2, 0.25) is 0 Å². The molecule has 0 bridgehead atoms. The summed E-state index contributed by atoms with van der Waals surface area (Å²) in [5.41, 5.74) is 1.85. The molecule has 1 fully saturated rings. The minimum Gasteiger partial charge on any atom is -0.311 e. The molecule has 1 aliphatic carbocycles. The number of nitrogens with one attached hydrogen (secondary N) is 1. The Morgan fingerprint density at radius 3 is 2.50 bits per heavy atom. The number of halogens is 1. The summed E-state index contributed by atoms with van der Waals surface area (Å²) < 4.78 is 0. The summed E-state index contributed by atoms with van der Waals surface area (Å²) in [6.07, 6.45) is 4.15. The normalized spacial score (nSPS) is 16.9. The second-order valence-corrected chi connectivity index (χ2v) is 5.99. The van der Waals surface area contributed by atoms with Crippen LogP contribution in [0.15, 0.2) is 0 Å². The van der Waals surface area contributed by atoms with Gasteiger partial charge in [0.05, 0.1) is 10.7 Å². The van der Waals surface area contributed by atoms with Gasteiger partial charge in [0.25, 0.3) is 0 Å². The summed E-state index contributed by atoms with van der Waals surface area (Å²) in [6.45, 7) is 8.67. The Kier molecular flexibility index (Phi) is 4.77. The Morgan fingerprint density at radius 1 is 1.38 bits per heavy atom. The quantitative estimate of drug-likeness (QED) is 0.877. The van der Waals surface area contributed by atoms with E-state index < -0.39 is 0 Å². The second-order valence-electron chi connectivity index (χ2n) is 4.70. The predicted molar refractivity (Wildman–Crippen MR) is 72.5 cm³/mol. The van der Waals surface area contributed by atoms with E-state index in [1.165, 1.54) is 41.4 Å². The molecular weight excluding hydrogens is 240 g/mol. The van der Waals surface area contributed by atoms with Crippen LogP contribution in [0.3, 0.4) is 0 Å². The van der Waals surface area contributed by atoms with Gasteiger partial charge < -0.3 is 5.32 Å². The zero-order valence-corrected chi connectivity index (χ0v) is 11.9. The minimum absolute atomic E-state index is 0. The maximum absolute atomic E-state index is 4.44. The summed E-state index contributed by atoms with van der Waals surface area (Å²) in [4.78, 5) is 5.84. The second kappa shape index (κ2) is 5.48. The number of nitrogens with zero attached hydrogens (tertiary/aromatic N) is 1. The van der Waals surface area contributed by atoms with E-state index in [1.54, 1.807) is 0 Å². The van der Waals surface area contributed by atoms with Gasteiger partial charge in [0, 0.05) is 18.0 Å². The molecule has 2 nitrogen and oxygen atoms in total. The van der Waals surface area contributed by atoms with Crippen molar-refractivity contribution in [3.8, 4) is 0 Å². The number of thiazole rings is 1. The Morgan fingerprint density at radius 2 is 2.06 bits per heavy atom. The van der Waals surface area contributed by atoms with Crippen molar-refractivity contribution in [1.82, 2.24) is 10.3 Å². The third kappa shape index (κ3) is 3.19. The summed E-state index contributed by atoms with van der Waals surface area (Å²) >= 11 is 1.82. The number of hydrogen-bond donors (Lipinski definition) is 1. The molecule has 1 aliphatic rings. The summed E-state index contributed by atoms with van der Waals surface area (Å²) in [7, 11) is 0. The van der Waals surface area contributed by atoms with Gasteiger partial charge in [-0.3, -0.25) is 0 Å². The fourth-order valence-electron chi connectivity index (χ4n) is 2.01. The molecule has 92 valence electrons. The molecule has 0 saturated heterocycles. The van der Waals surface area contributed by atoms with E-state index in [9.17, 15) is 0 Å². The molecular formula is C12H21ClN2S. The Balaban J connectivity index is 0.00000128. The first kappa shape index (κ1) is 13.9. The highest BCUT2D eigenvalue weighted by molar-refractivity contribution is 7.11. The van der Waals surface area contributed by atoms with E-state index in [0.717, 1.165) is 6.54 Å². The molecule has 4 heteroatoms. The van der Waals surface area contributed by atoms with E-state index in [1.807, 2.05) is 11.3 Å². The van der Waals surface area contributed by atoms with E-state index in [2.05, 4.69) is 31.1 Å². The van der Waals surface area contributed by atoms with Crippen LogP contribution in [0.4, 0.5) is 0 Å². The molecule has 16 heavy (non-hydrogen) atoms. The standard InChI is InChI=1S/C12H20N2S.ClH/c1-4-12(5-6-12)8-13-7-11-9(2)14-10(3)15-11;/h13H,4-8H2,1-3H3;1H. The van der Waals surface area contributed by atoms with E-state index in [-0.39, 0.29) is 12.4 Å². The van der Waals surface area contributed by atoms with Crippen LogP contribution in [-0.4, -0.2) is 11.5 Å². The molecule has 0 spiro atoms. The molecule has 0 aliphatic heterocycles. The Labute approximate surface area is 108 Å². The lowest BCUT2D eigenvalue weighted by Gasteiger charge is -2.12. The largest absolute Gasteiger partial charge is 0.311 e. The van der Waals surface area contributed by atoms with Crippen molar-refractivity contribution in [3.05, 3.63) is 15.6 Å². The van der Waals surface area contributed by atoms with Gasteiger partial charge in [-0.1, -0.05) is 6.92 Å². The number of aromatic nitrogens is 1. The molecule has 1 N–H and O–H groups in total. The van der Waals surface area contributed by atoms with E-state index >= 15 is 0 Å². The molecule has 0 radical (unpaired) electrons. The zero-order chi connectivity index (χ0) is 10.9. The van der Waals surface area contributed by atoms with Crippen LogP contribution in [0.1, 0.15) is 41.8 Å². The minimum atomic E-state index is 0. The van der Waals surface area contributed by atoms with Gasteiger partial charge in [-0.15, -0.1) is 23.7 Å². The molecule has 0 amide bonds. The first-order chi connectivity index (χ1) is 7.15. The van der Waals surface area contributed by atoms with Gasteiger partial charge in [0.15, 0.2) is 0 Å². The van der Waals surface area contributed by atoms with Crippen molar-refractivity contribution in [1.29, 1.82) is 0 Å². The highest BCUT2D eigenvalue weighted by Crippen LogP contribution is 2.47. The molecule has 1 aromatic rings. The average Bonchev–Trinajstić information content (AvgIpc) is 2.90. The summed E-state index contributed by atoms with van der Waals surface area (Å²) in [6, 6.07) is 0. The fraction of sp³-hybridized carbons (Fsp3) is 0.750. The lowest BCUT2D eigenvalue weighted by atomic mass is 10.0. The highest BCUT2D eigenvalue weighted by atomic mass is 35.5. The lowest BCUT2D eigenvalue weighted by molar-refractivity contribution is 0.444. The maximum Gasteiger partial charge on any atom is 0.0900 e. The Hall–Kier alpha value is -0.120. The number of rotatable bonds is 5. The van der Waals surface area contributed by atoms with Gasteiger partial charge >= 0.3 is 0 Å². The lowest BCUT2D eigenvalue weighted by Crippen LogP contribution is -2.22. The van der Waals surface area contributed by atoms with Crippen LogP contribution in [0.25, 0.3) is 0 Å². The third-order valence-corrected chi connectivity index (χ3v) is 4.57. The van der Waals surface area contributed by atoms with Crippen LogP contribution in [0.2, 0.25) is 0 Å². The fourth-order valence-corrected chi connectivity index (χ4v) is 2.92. The SMILES string of the molecule is CCC1(CNCc2sc(C)nc2C)CC1.Cl. The molecule has 1 heterocycles. The monoisotopic (exact) mass is 260 g/mol. The van der Waals surface area contributed by atoms with Crippen LogP contribution < -0.4 is 5.32 Å². The third-order valence-electron chi connectivity index (χ3n) is 3.49. The van der Waals surface area contributed by atoms with Gasteiger partial charge in [0.1, 0.15) is 0 Å². The van der Waals surface area contributed by atoms with Crippen molar-refractivity contribution in [2.24, 2.45) is 5.41 Å². The smallest absolute Gasteiger partial charge is 0.0900 e. The van der Waals surface area contributed by atoms with Crippen molar-refractivity contribution in [2.75, 3.05) is 6.54 Å². The van der Waals surface area contributed by atoms with Crippen LogP contribution in [0, 0.1) is 19.3 Å². The molecule has 2 rings (SSSR count). The topological polar surface area (TPSA) is 24.9 Å². The van der Waals surface area contributed by atoms with Crippen LogP contribution in [0.5, 0.6) is 0 Å². The maximum atomic E-state index is 4.44. The van der Waals surface area contributed by atoms with Crippen LogP contribution in [-0.2, 0) is 6.54 Å². The van der Waals surface area contributed by atoms with Crippen molar-refractivity contribution in [3.63, 3.8) is 0 Å². The molecule has 0 unspecified atom stereocenters. The van der Waals surface area contributed by atoms with Gasteiger partial charge in [-0.25, -0.2) is 4.98 Å².